The van der Waals surface area contributed by atoms with E-state index in [0.29, 0.717) is 35.8 Å². The molecule has 11 nitrogen and oxygen atoms in total. The molecule has 4 aliphatic rings. The molecule has 0 aromatic heterocycles. The van der Waals surface area contributed by atoms with Gasteiger partial charge in [0.05, 0.1) is 25.3 Å². The number of amides is 1. The number of alkyl carbamates (subject to hydrolysis) is 1. The van der Waals surface area contributed by atoms with Crippen molar-refractivity contribution in [1.29, 1.82) is 5.26 Å². The van der Waals surface area contributed by atoms with Crippen molar-refractivity contribution in [2.45, 2.75) is 60.7 Å². The van der Waals surface area contributed by atoms with E-state index in [0.717, 1.165) is 33.4 Å². The number of benzene rings is 2. The van der Waals surface area contributed by atoms with Crippen molar-refractivity contribution < 1.29 is 33.6 Å². The van der Waals surface area contributed by atoms with Crippen molar-refractivity contribution in [3.8, 4) is 34.8 Å². The Morgan fingerprint density at radius 1 is 1.22 bits per heavy atom. The molecule has 14 heteroatoms. The predicted octanol–water partition coefficient (Wildman–Crippen LogP) is 5.18. The quantitative estimate of drug-likeness (QED) is 0.296. The number of nitriles is 1. The zero-order valence-electron chi connectivity index (χ0n) is 25.9. The number of phenols is 1. The molecule has 246 valence electrons. The number of nitrogens with one attached hydrogen (secondary N) is 1. The topological polar surface area (TPSA) is 126 Å². The van der Waals surface area contributed by atoms with Crippen LogP contribution < -0.4 is 24.3 Å². The number of halogens is 3. The highest BCUT2D eigenvalue weighted by molar-refractivity contribution is 6.67. The van der Waals surface area contributed by atoms with Crippen LogP contribution in [0, 0.1) is 25.2 Å². The lowest BCUT2D eigenvalue weighted by molar-refractivity contribution is -0.0723. The maximum atomic E-state index is 12.9. The van der Waals surface area contributed by atoms with Crippen molar-refractivity contribution in [2.75, 3.05) is 40.7 Å². The van der Waals surface area contributed by atoms with E-state index >= 15 is 0 Å². The van der Waals surface area contributed by atoms with Crippen LogP contribution in [-0.2, 0) is 17.6 Å². The molecule has 1 unspecified atom stereocenters. The normalized spacial score (nSPS) is 24.6. The van der Waals surface area contributed by atoms with E-state index in [1.54, 1.807) is 6.08 Å². The van der Waals surface area contributed by atoms with Crippen molar-refractivity contribution in [2.24, 2.45) is 0 Å². The van der Waals surface area contributed by atoms with Gasteiger partial charge in [0.15, 0.2) is 23.0 Å². The molecule has 46 heavy (non-hydrogen) atoms. The first kappa shape index (κ1) is 32.7. The molecular weight excluding hydrogens is 659 g/mol. The fourth-order valence-electron chi connectivity index (χ4n) is 7.75. The number of methoxy groups -OCH3 is 1. The molecule has 0 aliphatic carbocycles. The van der Waals surface area contributed by atoms with Gasteiger partial charge in [-0.1, -0.05) is 53.5 Å². The SMILES string of the molecule is C=CCOc1c(C)c2c(c3c1CC1[C@H]4c5c(cc(C)c(OC)c5O)C[C@@H]([C@H](C#N)N1[C@H]3CNC(=O)OCC(Cl)(Cl)Cl)N4C)OCO2. The Morgan fingerprint density at radius 3 is 2.63 bits per heavy atom. The molecule has 2 aromatic rings. The largest absolute Gasteiger partial charge is 0.504 e. The molecule has 2 aromatic carbocycles. The summed E-state index contributed by atoms with van der Waals surface area (Å²) < 4.78 is 27.3. The van der Waals surface area contributed by atoms with E-state index in [2.05, 4.69) is 27.8 Å². The zero-order chi connectivity index (χ0) is 33.1. The number of carbonyl (C=O) groups is 1. The van der Waals surface area contributed by atoms with Gasteiger partial charge in [-0.25, -0.2) is 4.79 Å². The monoisotopic (exact) mass is 692 g/mol. The number of piperazine rings is 1. The summed E-state index contributed by atoms with van der Waals surface area (Å²) in [5, 5.41) is 25.3. The summed E-state index contributed by atoms with van der Waals surface area (Å²) in [6, 6.07) is 2.53. The highest BCUT2D eigenvalue weighted by atomic mass is 35.6. The van der Waals surface area contributed by atoms with Crippen LogP contribution in [0.15, 0.2) is 18.7 Å². The van der Waals surface area contributed by atoms with Crippen LogP contribution in [0.5, 0.6) is 28.7 Å². The Balaban J connectivity index is 1.54. The first-order chi connectivity index (χ1) is 21.9. The van der Waals surface area contributed by atoms with Crippen molar-refractivity contribution >= 4 is 40.9 Å². The van der Waals surface area contributed by atoms with Gasteiger partial charge >= 0.3 is 6.09 Å². The zero-order valence-corrected chi connectivity index (χ0v) is 28.1. The van der Waals surface area contributed by atoms with Crippen molar-refractivity contribution in [1.82, 2.24) is 15.1 Å². The highest BCUT2D eigenvalue weighted by Gasteiger charge is 2.56. The predicted molar refractivity (Wildman–Crippen MR) is 171 cm³/mol. The molecule has 0 radical (unpaired) electrons. The lowest BCUT2D eigenvalue weighted by Crippen LogP contribution is -2.68. The summed E-state index contributed by atoms with van der Waals surface area (Å²) in [7, 11) is 3.53. The van der Waals surface area contributed by atoms with Gasteiger partial charge in [-0.3, -0.25) is 9.80 Å². The number of aromatic hydroxyl groups is 1. The van der Waals surface area contributed by atoms with Gasteiger partial charge in [0.25, 0.3) is 0 Å². The Morgan fingerprint density at radius 2 is 1.96 bits per heavy atom. The van der Waals surface area contributed by atoms with Crippen LogP contribution in [0.4, 0.5) is 4.79 Å². The minimum absolute atomic E-state index is 0.0124. The average molecular weight is 694 g/mol. The van der Waals surface area contributed by atoms with E-state index in [9.17, 15) is 15.2 Å². The fraction of sp³-hybridized carbons (Fsp3) is 0.500. The lowest BCUT2D eigenvalue weighted by Gasteiger charge is -2.60. The Labute approximate surface area is 282 Å². The third-order valence-corrected chi connectivity index (χ3v) is 9.74. The molecule has 0 saturated carbocycles. The lowest BCUT2D eigenvalue weighted by atomic mass is 9.71. The third-order valence-electron chi connectivity index (χ3n) is 9.42. The molecule has 6 rings (SSSR count). The number of hydrogen-bond acceptors (Lipinski definition) is 10. The summed E-state index contributed by atoms with van der Waals surface area (Å²) in [6.45, 7) is 7.48. The number of aryl methyl sites for hydroxylation is 1. The van der Waals surface area contributed by atoms with E-state index in [4.69, 9.17) is 58.5 Å². The van der Waals surface area contributed by atoms with Crippen molar-refractivity contribution in [3.63, 3.8) is 0 Å². The number of alkyl halides is 3. The fourth-order valence-corrected chi connectivity index (χ4v) is 7.91. The molecule has 4 aliphatic heterocycles. The second kappa shape index (κ2) is 12.4. The van der Waals surface area contributed by atoms with E-state index in [1.165, 1.54) is 7.11 Å². The molecule has 5 atom stereocenters. The van der Waals surface area contributed by atoms with Crippen LogP contribution in [0.2, 0.25) is 0 Å². The second-order valence-electron chi connectivity index (χ2n) is 11.9. The maximum absolute atomic E-state index is 12.9. The summed E-state index contributed by atoms with van der Waals surface area (Å²) >= 11 is 17.4. The number of phenolic OH excluding ortho intramolecular Hbond substituents is 1. The summed E-state index contributed by atoms with van der Waals surface area (Å²) in [6.07, 6.45) is 1.85. The van der Waals surface area contributed by atoms with Gasteiger partial charge in [0.1, 0.15) is 25.0 Å². The van der Waals surface area contributed by atoms with Gasteiger partial charge < -0.3 is 34.1 Å². The van der Waals surface area contributed by atoms with Crippen LogP contribution >= 0.6 is 34.8 Å². The van der Waals surface area contributed by atoms with Crippen LogP contribution in [0.3, 0.4) is 0 Å². The van der Waals surface area contributed by atoms with Gasteiger partial charge in [0.2, 0.25) is 10.6 Å². The minimum atomic E-state index is -1.78. The molecule has 0 spiro atoms. The molecule has 1 amide bonds. The highest BCUT2D eigenvalue weighted by Crippen LogP contribution is 2.58. The number of fused-ring (bicyclic) bond motifs is 9. The van der Waals surface area contributed by atoms with E-state index in [-0.39, 0.29) is 43.8 Å². The average Bonchev–Trinajstić information content (AvgIpc) is 3.49. The van der Waals surface area contributed by atoms with Crippen LogP contribution in [0.25, 0.3) is 0 Å². The molecule has 1 saturated heterocycles. The van der Waals surface area contributed by atoms with E-state index in [1.807, 2.05) is 27.0 Å². The molecule has 4 heterocycles. The molecule has 2 N–H and O–H groups in total. The number of hydrogen-bond donors (Lipinski definition) is 2. The molecular formula is C32H35Cl3N4O7. The minimum Gasteiger partial charge on any atom is -0.504 e. The third kappa shape index (κ3) is 5.34. The van der Waals surface area contributed by atoms with Crippen LogP contribution in [0.1, 0.15) is 45.5 Å². The van der Waals surface area contributed by atoms with Gasteiger partial charge in [-0.2, -0.15) is 5.26 Å². The number of likely N-dealkylation sites (N-methyl/N-ethyl adjacent to an activating group) is 1. The maximum Gasteiger partial charge on any atom is 0.407 e. The van der Waals surface area contributed by atoms with Gasteiger partial charge in [0, 0.05) is 40.9 Å². The number of rotatable bonds is 7. The smallest absolute Gasteiger partial charge is 0.407 e. The van der Waals surface area contributed by atoms with Crippen LogP contribution in [-0.4, -0.2) is 83.6 Å². The number of carbonyl (C=O) groups excluding carboxylic acids is 1. The van der Waals surface area contributed by atoms with Gasteiger partial charge in [-0.05, 0) is 44.9 Å². The summed E-state index contributed by atoms with van der Waals surface area (Å²) in [4.78, 5) is 17.2. The molecule has 1 fully saturated rings. The number of nitrogens with zero attached hydrogens (tertiary/aromatic N) is 3. The second-order valence-corrected chi connectivity index (χ2v) is 14.4. The van der Waals surface area contributed by atoms with Gasteiger partial charge in [-0.15, -0.1) is 0 Å². The van der Waals surface area contributed by atoms with E-state index < -0.39 is 28.6 Å². The van der Waals surface area contributed by atoms with Crippen molar-refractivity contribution in [3.05, 3.63) is 52.1 Å². The first-order valence-electron chi connectivity index (χ1n) is 14.9. The standard InChI is InChI=1S/C32H35Cl3N4O7/c1-6-7-43-28-16(3)29-30(46-14-45-29)24-18(28)10-20-25-23-17(8-15(2)27(42-5)26(23)40)9-19(38(25)4)21(11-36)39(20)22(24)12-37-31(41)44-13-32(33,34)35/h6,8,19-22,25,40H,1,7,9-10,12-14H2,2-5H3,(H,37,41)/t19-,20?,21-,22-,25-/m0/s1. The molecule has 2 bridgehead atoms. The first-order valence-corrected chi connectivity index (χ1v) is 16.0. The Kier molecular flexibility index (Phi) is 8.80. The Bertz CT molecular complexity index is 1620. The number of ether oxygens (including phenoxy) is 5. The summed E-state index contributed by atoms with van der Waals surface area (Å²) in [5.41, 5.74) is 4.95. The summed E-state index contributed by atoms with van der Waals surface area (Å²) in [5.74, 6) is 2.22. The Hall–Kier alpha value is -3.27.